The highest BCUT2D eigenvalue weighted by Crippen LogP contribution is 2.54. The summed E-state index contributed by atoms with van der Waals surface area (Å²) >= 11 is 0. The van der Waals surface area contributed by atoms with E-state index in [1.807, 2.05) is 60.7 Å². The van der Waals surface area contributed by atoms with Crippen LogP contribution in [-0.4, -0.2) is 15.0 Å². The van der Waals surface area contributed by atoms with Gasteiger partial charge in [-0.1, -0.05) is 74.5 Å². The second kappa shape index (κ2) is 10.4. The number of nitriles is 1. The fraction of sp³-hybridized carbons (Fsp3) is 0.282. The van der Waals surface area contributed by atoms with Gasteiger partial charge in [0.25, 0.3) is 0 Å². The number of hydrogen-bond donors (Lipinski definition) is 0. The first kappa shape index (κ1) is 26.8. The number of fused-ring (bicyclic) bond motifs is 5. The van der Waals surface area contributed by atoms with Gasteiger partial charge >= 0.3 is 0 Å². The number of hydrogen-bond acceptors (Lipinski definition) is 5. The zero-order valence-corrected chi connectivity index (χ0v) is 25.1. The minimum atomic E-state index is 0.286. The van der Waals surface area contributed by atoms with E-state index in [-0.39, 0.29) is 5.41 Å². The third-order valence-corrected chi connectivity index (χ3v) is 9.91. The van der Waals surface area contributed by atoms with Gasteiger partial charge in [0, 0.05) is 27.5 Å². The van der Waals surface area contributed by atoms with Crippen molar-refractivity contribution >= 4 is 21.9 Å². The molecule has 0 amide bonds. The van der Waals surface area contributed by atoms with Gasteiger partial charge in [0.2, 0.25) is 0 Å². The van der Waals surface area contributed by atoms with E-state index in [4.69, 9.17) is 19.4 Å². The molecule has 2 aromatic heterocycles. The maximum absolute atomic E-state index is 9.33. The first-order valence-electron chi connectivity index (χ1n) is 15.8. The lowest BCUT2D eigenvalue weighted by Crippen LogP contribution is -2.42. The van der Waals surface area contributed by atoms with Crippen LogP contribution in [0.3, 0.4) is 0 Å². The van der Waals surface area contributed by atoms with E-state index in [1.54, 1.807) is 6.07 Å². The second-order valence-corrected chi connectivity index (χ2v) is 13.3. The number of rotatable bonds is 4. The summed E-state index contributed by atoms with van der Waals surface area (Å²) in [4.78, 5) is 14.9. The normalized spacial score (nSPS) is 23.1. The Kier molecular flexibility index (Phi) is 6.34. The molecule has 0 N–H and O–H groups in total. The minimum absolute atomic E-state index is 0.286. The Morgan fingerprint density at radius 3 is 1.89 bits per heavy atom. The van der Waals surface area contributed by atoms with Gasteiger partial charge in [0.15, 0.2) is 17.5 Å². The highest BCUT2D eigenvalue weighted by molar-refractivity contribution is 6.06. The van der Waals surface area contributed by atoms with Crippen molar-refractivity contribution in [1.29, 1.82) is 5.26 Å². The molecule has 2 heterocycles. The first-order chi connectivity index (χ1) is 21.5. The Bertz CT molecular complexity index is 2040. The Morgan fingerprint density at radius 1 is 0.659 bits per heavy atom. The molecule has 2 fully saturated rings. The molecule has 0 spiro atoms. The average molecular weight is 575 g/mol. The molecule has 6 aromatic rings. The zero-order valence-electron chi connectivity index (χ0n) is 25.1. The maximum Gasteiger partial charge on any atom is 0.164 e. The Morgan fingerprint density at radius 2 is 1.23 bits per heavy atom. The largest absolute Gasteiger partial charge is 0.456 e. The van der Waals surface area contributed by atoms with Crippen LogP contribution < -0.4 is 0 Å². The molecule has 44 heavy (non-hydrogen) atoms. The smallest absolute Gasteiger partial charge is 0.164 e. The molecule has 0 aliphatic heterocycles. The molecule has 0 saturated heterocycles. The quantitative estimate of drug-likeness (QED) is 0.209. The summed E-state index contributed by atoms with van der Waals surface area (Å²) in [6, 6.07) is 33.0. The summed E-state index contributed by atoms with van der Waals surface area (Å²) in [6.07, 6.45) is 6.63. The lowest BCUT2D eigenvalue weighted by molar-refractivity contribution is 0.0780. The maximum atomic E-state index is 9.33. The molecule has 2 aliphatic carbocycles. The van der Waals surface area contributed by atoms with Crippen molar-refractivity contribution in [2.45, 2.75) is 51.4 Å². The van der Waals surface area contributed by atoms with Crippen LogP contribution in [0.2, 0.25) is 0 Å². The SMILES string of the molecule is C[C@@H]1CC2C[C@H](C)CC(c3ccc(-c4nc(-c5ccccc5)nc(-c5ccc6c(c5)oc5cc(C#N)ccc56)n4)cc3)(C2)C1. The zero-order chi connectivity index (χ0) is 29.8. The van der Waals surface area contributed by atoms with Crippen LogP contribution in [0.25, 0.3) is 56.1 Å². The molecule has 2 aliphatic rings. The summed E-state index contributed by atoms with van der Waals surface area (Å²) in [7, 11) is 0. The van der Waals surface area contributed by atoms with Crippen molar-refractivity contribution in [1.82, 2.24) is 15.0 Å². The molecule has 0 radical (unpaired) electrons. The number of nitrogens with zero attached hydrogens (tertiary/aromatic N) is 4. The van der Waals surface area contributed by atoms with Crippen molar-refractivity contribution in [3.8, 4) is 40.2 Å². The highest BCUT2D eigenvalue weighted by atomic mass is 16.3. The lowest BCUT2D eigenvalue weighted by Gasteiger charge is -2.50. The third-order valence-electron chi connectivity index (χ3n) is 9.91. The Labute approximate surface area is 257 Å². The summed E-state index contributed by atoms with van der Waals surface area (Å²) in [6.45, 7) is 4.88. The first-order valence-corrected chi connectivity index (χ1v) is 15.8. The number of furan rings is 1. The van der Waals surface area contributed by atoms with Crippen molar-refractivity contribution in [2.75, 3.05) is 0 Å². The van der Waals surface area contributed by atoms with Crippen molar-refractivity contribution < 1.29 is 4.42 Å². The van der Waals surface area contributed by atoms with Gasteiger partial charge < -0.3 is 4.42 Å². The van der Waals surface area contributed by atoms with E-state index in [1.165, 1.54) is 37.7 Å². The van der Waals surface area contributed by atoms with Crippen LogP contribution in [0, 0.1) is 29.1 Å². The summed E-state index contributed by atoms with van der Waals surface area (Å²) in [5.41, 5.74) is 6.55. The third kappa shape index (κ3) is 4.66. The summed E-state index contributed by atoms with van der Waals surface area (Å²) in [5.74, 6) is 4.30. The van der Waals surface area contributed by atoms with Crippen molar-refractivity contribution in [3.05, 3.63) is 102 Å². The van der Waals surface area contributed by atoms with Crippen molar-refractivity contribution in [3.63, 3.8) is 0 Å². The molecular weight excluding hydrogens is 540 g/mol. The monoisotopic (exact) mass is 574 g/mol. The van der Waals surface area contributed by atoms with Gasteiger partial charge in [0.05, 0.1) is 11.6 Å². The van der Waals surface area contributed by atoms with Gasteiger partial charge in [-0.3, -0.25) is 0 Å². The molecule has 4 atom stereocenters. The van der Waals surface area contributed by atoms with Crippen LogP contribution in [0.1, 0.15) is 57.1 Å². The molecular formula is C39H34N4O. The van der Waals surface area contributed by atoms with E-state index in [2.05, 4.69) is 44.2 Å². The van der Waals surface area contributed by atoms with Crippen LogP contribution in [0.4, 0.5) is 0 Å². The van der Waals surface area contributed by atoms with Gasteiger partial charge in [-0.15, -0.1) is 0 Å². The minimum Gasteiger partial charge on any atom is -0.456 e. The Hall–Kier alpha value is -4.82. The molecule has 2 unspecified atom stereocenters. The summed E-state index contributed by atoms with van der Waals surface area (Å²) < 4.78 is 6.18. The van der Waals surface area contributed by atoms with E-state index in [0.717, 1.165) is 50.8 Å². The molecule has 2 saturated carbocycles. The molecule has 2 bridgehead atoms. The predicted octanol–water partition coefficient (Wildman–Crippen LogP) is 9.75. The molecule has 5 nitrogen and oxygen atoms in total. The second-order valence-electron chi connectivity index (χ2n) is 13.3. The standard InChI is InChI=1S/C39H34N4O/c1-24-16-27-17-25(2)21-39(20-24,22-27)31-12-9-29(10-13-31)37-41-36(28-6-4-3-5-7-28)42-38(43-37)30-11-15-33-32-14-8-26(23-40)18-34(32)44-35(33)19-30/h3-15,18-19,24-25,27H,16-17,20-22H2,1-2H3/t24-,25+,27?,39?. The molecule has 4 aromatic carbocycles. The van der Waals surface area contributed by atoms with E-state index in [0.29, 0.717) is 28.6 Å². The van der Waals surface area contributed by atoms with Gasteiger partial charge in [-0.05, 0) is 91.2 Å². The van der Waals surface area contributed by atoms with Crippen LogP contribution in [-0.2, 0) is 5.41 Å². The van der Waals surface area contributed by atoms with Crippen LogP contribution >= 0.6 is 0 Å². The number of benzene rings is 4. The van der Waals surface area contributed by atoms with E-state index >= 15 is 0 Å². The fourth-order valence-electron chi connectivity index (χ4n) is 8.37. The molecule has 8 rings (SSSR count). The van der Waals surface area contributed by atoms with Gasteiger partial charge in [0.1, 0.15) is 11.2 Å². The van der Waals surface area contributed by atoms with Crippen LogP contribution in [0.5, 0.6) is 0 Å². The average Bonchev–Trinajstić information content (AvgIpc) is 3.41. The predicted molar refractivity (Wildman–Crippen MR) is 175 cm³/mol. The fourth-order valence-corrected chi connectivity index (χ4v) is 8.37. The molecule has 5 heteroatoms. The van der Waals surface area contributed by atoms with Gasteiger partial charge in [-0.25, -0.2) is 15.0 Å². The van der Waals surface area contributed by atoms with Gasteiger partial charge in [-0.2, -0.15) is 5.26 Å². The van der Waals surface area contributed by atoms with E-state index < -0.39 is 0 Å². The van der Waals surface area contributed by atoms with Crippen molar-refractivity contribution in [2.24, 2.45) is 17.8 Å². The highest BCUT2D eigenvalue weighted by Gasteiger charge is 2.45. The van der Waals surface area contributed by atoms with Crippen LogP contribution in [0.15, 0.2) is 95.4 Å². The summed E-state index contributed by atoms with van der Waals surface area (Å²) in [5, 5.41) is 11.3. The number of aromatic nitrogens is 3. The molecule has 216 valence electrons. The lowest BCUT2D eigenvalue weighted by atomic mass is 9.54. The Balaban J connectivity index is 1.21. The topological polar surface area (TPSA) is 75.6 Å². The van der Waals surface area contributed by atoms with E-state index in [9.17, 15) is 5.26 Å².